The van der Waals surface area contributed by atoms with Crippen LogP contribution in [0.4, 0.5) is 17.6 Å². The Labute approximate surface area is 282 Å². The van der Waals surface area contributed by atoms with Crippen LogP contribution in [0.15, 0.2) is 107 Å². The number of para-hydroxylation sites is 1. The van der Waals surface area contributed by atoms with Gasteiger partial charge in [-0.2, -0.15) is 22.7 Å². The molecule has 0 aliphatic rings. The van der Waals surface area contributed by atoms with Crippen molar-refractivity contribution in [2.75, 3.05) is 0 Å². The summed E-state index contributed by atoms with van der Waals surface area (Å²) < 4.78 is 86.8. The lowest BCUT2D eigenvalue weighted by Gasteiger charge is -2.19. The Morgan fingerprint density at radius 3 is 2.04 bits per heavy atom. The Hall–Kier alpha value is -3.46. The van der Waals surface area contributed by atoms with Crippen LogP contribution in [0.25, 0.3) is 10.6 Å². The molecule has 252 valence electrons. The minimum Gasteiger partial charge on any atom is -0.457 e. The maximum Gasteiger partial charge on any atom is 0.399 e. The van der Waals surface area contributed by atoms with E-state index in [-0.39, 0.29) is 17.6 Å². The first-order valence-electron chi connectivity index (χ1n) is 13.6. The van der Waals surface area contributed by atoms with Gasteiger partial charge in [0.1, 0.15) is 16.5 Å². The Balaban J connectivity index is 1.50. The molecule has 0 radical (unpaired) electrons. The second-order valence-electron chi connectivity index (χ2n) is 10.3. The van der Waals surface area contributed by atoms with Crippen LogP contribution in [0.3, 0.4) is 0 Å². The van der Waals surface area contributed by atoms with Crippen LogP contribution in [0.1, 0.15) is 22.3 Å². The van der Waals surface area contributed by atoms with Crippen molar-refractivity contribution in [3.8, 4) is 22.1 Å². The van der Waals surface area contributed by atoms with E-state index in [0.717, 1.165) is 29.5 Å². The number of benzene rings is 4. The Morgan fingerprint density at radius 1 is 0.792 bits per heavy atom. The smallest absolute Gasteiger partial charge is 0.399 e. The maximum absolute atomic E-state index is 14.4. The highest BCUT2D eigenvalue weighted by atomic mass is 79.9. The van der Waals surface area contributed by atoms with Crippen molar-refractivity contribution < 1.29 is 51.0 Å². The lowest BCUT2D eigenvalue weighted by Crippen LogP contribution is -2.18. The lowest BCUT2D eigenvalue weighted by atomic mass is 10.1. The van der Waals surface area contributed by atoms with Crippen molar-refractivity contribution in [1.29, 1.82) is 0 Å². The second kappa shape index (κ2) is 13.8. The molecule has 18 heteroatoms. The van der Waals surface area contributed by atoms with Gasteiger partial charge >= 0.3 is 26.5 Å². The first-order valence-corrected chi connectivity index (χ1v) is 18.5. The summed E-state index contributed by atoms with van der Waals surface area (Å²) in [6.45, 7) is -0.0545. The number of nitrogens with zero attached hydrogens (tertiary/aromatic N) is 3. The molecule has 0 aliphatic carbocycles. The standard InChI is InChI=1S/C30H24BrF4N3O7P2S/c31-26-15-20(11-14-25(26)30(34,35)47(42,43)44)18-38-28(36-17-19-9-12-22(13-10-19)29(32,33)46(39,40)41)48-27(37-38)21-5-4-8-24(16-21)45-23-6-2-1-3-7-23/h1-16H,17-18H2,(H2,39,40,41)(H2,42,43,44). The van der Waals surface area contributed by atoms with E-state index in [4.69, 9.17) is 24.3 Å². The summed E-state index contributed by atoms with van der Waals surface area (Å²) in [6.07, 6.45) is 0. The van der Waals surface area contributed by atoms with Gasteiger partial charge in [0.05, 0.1) is 13.1 Å². The van der Waals surface area contributed by atoms with Gasteiger partial charge in [-0.25, -0.2) is 4.68 Å². The molecule has 1 heterocycles. The Kier molecular flexibility index (Phi) is 10.3. The largest absolute Gasteiger partial charge is 0.457 e. The van der Waals surface area contributed by atoms with E-state index < -0.39 is 37.6 Å². The zero-order valence-electron chi connectivity index (χ0n) is 24.2. The second-order valence-corrected chi connectivity index (χ2v) is 15.4. The van der Waals surface area contributed by atoms with Crippen LogP contribution >= 0.6 is 42.5 Å². The average molecular weight is 788 g/mol. The Bertz CT molecular complexity index is 2100. The zero-order valence-corrected chi connectivity index (χ0v) is 28.4. The molecule has 0 saturated heterocycles. The predicted molar refractivity (Wildman–Crippen MR) is 173 cm³/mol. The molecule has 0 saturated carbocycles. The van der Waals surface area contributed by atoms with Crippen molar-refractivity contribution in [2.45, 2.75) is 24.4 Å². The summed E-state index contributed by atoms with van der Waals surface area (Å²) in [6, 6.07) is 23.9. The van der Waals surface area contributed by atoms with Gasteiger partial charge in [-0.3, -0.25) is 14.1 Å². The number of hydrogen-bond acceptors (Lipinski definition) is 6. The van der Waals surface area contributed by atoms with E-state index in [9.17, 15) is 26.7 Å². The summed E-state index contributed by atoms with van der Waals surface area (Å²) >= 11 is 4.15. The zero-order chi connectivity index (χ0) is 34.9. The van der Waals surface area contributed by atoms with Crippen LogP contribution < -0.4 is 9.54 Å². The van der Waals surface area contributed by atoms with Gasteiger partial charge < -0.3 is 24.3 Å². The van der Waals surface area contributed by atoms with Gasteiger partial charge in [-0.1, -0.05) is 94.0 Å². The van der Waals surface area contributed by atoms with E-state index in [1.807, 2.05) is 18.2 Å². The molecule has 0 unspecified atom stereocenters. The molecule has 0 atom stereocenters. The minimum absolute atomic E-state index is 0.0106. The van der Waals surface area contributed by atoms with Gasteiger partial charge in [-0.15, -0.1) is 0 Å². The molecule has 10 nitrogen and oxygen atoms in total. The molecule has 0 fully saturated rings. The van der Waals surface area contributed by atoms with Crippen molar-refractivity contribution in [3.63, 3.8) is 0 Å². The number of alkyl halides is 4. The molecule has 0 spiro atoms. The number of hydrogen-bond donors (Lipinski definition) is 4. The average Bonchev–Trinajstić information content (AvgIpc) is 3.42. The fourth-order valence-corrected chi connectivity index (χ4v) is 7.05. The SMILES string of the molecule is O=P(O)(O)C(F)(F)c1ccc(CN=c2sc(-c3cccc(Oc4ccccc4)c3)nn2Cc2ccc(C(F)(F)P(=O)(O)O)c(Br)c2)cc1. The van der Waals surface area contributed by atoms with E-state index in [1.54, 1.807) is 36.4 Å². The fraction of sp³-hybridized carbons (Fsp3) is 0.133. The van der Waals surface area contributed by atoms with Crippen LogP contribution in [-0.2, 0) is 33.5 Å². The van der Waals surface area contributed by atoms with Crippen LogP contribution in [0.5, 0.6) is 11.5 Å². The third-order valence-corrected chi connectivity index (χ3v) is 10.5. The number of ether oxygens (including phenoxy) is 1. The van der Waals surface area contributed by atoms with Gasteiger partial charge in [0.2, 0.25) is 4.80 Å². The molecular weight excluding hydrogens is 764 g/mol. The highest BCUT2D eigenvalue weighted by Crippen LogP contribution is 2.60. The fourth-order valence-electron chi connectivity index (χ4n) is 4.33. The monoisotopic (exact) mass is 787 g/mol. The highest BCUT2D eigenvalue weighted by molar-refractivity contribution is 9.10. The van der Waals surface area contributed by atoms with Crippen LogP contribution in [-0.4, -0.2) is 29.4 Å². The number of halogens is 5. The third kappa shape index (κ3) is 7.88. The van der Waals surface area contributed by atoms with E-state index in [0.29, 0.717) is 38.0 Å². The molecule has 0 amide bonds. The van der Waals surface area contributed by atoms with Gasteiger partial charge in [0, 0.05) is 21.2 Å². The molecule has 5 rings (SSSR count). The van der Waals surface area contributed by atoms with Crippen LogP contribution in [0, 0.1) is 0 Å². The van der Waals surface area contributed by atoms with Crippen molar-refractivity contribution in [2.24, 2.45) is 4.99 Å². The van der Waals surface area contributed by atoms with Gasteiger partial charge in [0.25, 0.3) is 0 Å². The predicted octanol–water partition coefficient (Wildman–Crippen LogP) is 7.77. The maximum atomic E-state index is 14.4. The first kappa shape index (κ1) is 35.8. The summed E-state index contributed by atoms with van der Waals surface area (Å²) in [5.41, 5.74) is -9.02. The first-order chi connectivity index (χ1) is 22.5. The Morgan fingerprint density at radius 2 is 1.42 bits per heavy atom. The molecule has 48 heavy (non-hydrogen) atoms. The molecule has 0 aliphatic heterocycles. The molecule has 4 N–H and O–H groups in total. The van der Waals surface area contributed by atoms with Crippen molar-refractivity contribution in [3.05, 3.63) is 129 Å². The van der Waals surface area contributed by atoms with E-state index >= 15 is 0 Å². The normalized spacial score (nSPS) is 13.1. The lowest BCUT2D eigenvalue weighted by molar-refractivity contribution is 0.0557. The van der Waals surface area contributed by atoms with E-state index in [1.165, 1.54) is 28.9 Å². The molecule has 1 aromatic heterocycles. The molecule has 5 aromatic rings. The number of aromatic nitrogens is 2. The third-order valence-electron chi connectivity index (χ3n) is 6.80. The van der Waals surface area contributed by atoms with Crippen molar-refractivity contribution in [1.82, 2.24) is 9.78 Å². The summed E-state index contributed by atoms with van der Waals surface area (Å²) in [4.78, 5) is 41.3. The number of rotatable bonds is 11. The molecule has 4 aromatic carbocycles. The van der Waals surface area contributed by atoms with Crippen LogP contribution in [0.2, 0.25) is 0 Å². The van der Waals surface area contributed by atoms with E-state index in [2.05, 4.69) is 26.0 Å². The van der Waals surface area contributed by atoms with Gasteiger partial charge in [-0.05, 0) is 41.5 Å². The molecule has 0 bridgehead atoms. The topological polar surface area (TPSA) is 154 Å². The molecular formula is C30H24BrF4N3O7P2S. The highest BCUT2D eigenvalue weighted by Gasteiger charge is 2.51. The quantitative estimate of drug-likeness (QED) is 0.0783. The summed E-state index contributed by atoms with van der Waals surface area (Å²) in [7, 11) is -11.6. The van der Waals surface area contributed by atoms with Crippen molar-refractivity contribution >= 4 is 42.5 Å². The summed E-state index contributed by atoms with van der Waals surface area (Å²) in [5, 5.41) is 5.16. The van der Waals surface area contributed by atoms with Gasteiger partial charge in [0.15, 0.2) is 0 Å². The summed E-state index contributed by atoms with van der Waals surface area (Å²) in [5.74, 6) is 1.14. The minimum atomic E-state index is -5.81.